The summed E-state index contributed by atoms with van der Waals surface area (Å²) < 4.78 is 99.5. The minimum absolute atomic E-state index is 0.0125. The molecule has 240 valence electrons. The fourth-order valence-corrected chi connectivity index (χ4v) is 10.6. The zero-order valence-corrected chi connectivity index (χ0v) is 26.8. The van der Waals surface area contributed by atoms with Gasteiger partial charge in [0, 0.05) is 28.4 Å². The molecule has 14 heteroatoms. The number of rotatable bonds is 9. The van der Waals surface area contributed by atoms with Crippen LogP contribution in [0.15, 0.2) is 60.7 Å². The fraction of sp³-hybridized carbons (Fsp3) is 0.571. The van der Waals surface area contributed by atoms with Crippen molar-refractivity contribution in [1.29, 1.82) is 0 Å². The standard InChI is InChI=1S/C14H21F3O3Si.C13H17F3O2Si.CH4O/c1-13(18,14(15,16)17)10-7-11-21(19-2,20-3)12-8-5-4-6-9-12;1-12(13(14,15)16)9-6-10-19(17-2,18-12)11-7-4-3-5-8-11;1-2/h4-6,8-9,18H,7,10-11H2,1-3H3;3-5,7-8H,6,9-10H2,1-2H3;2H,1H3. The molecule has 1 heterocycles. The number of hydrogen-bond donors (Lipinski definition) is 2. The Morgan fingerprint density at radius 3 is 1.83 bits per heavy atom. The number of halogens is 6. The van der Waals surface area contributed by atoms with Gasteiger partial charge in [-0.15, -0.1) is 0 Å². The third-order valence-corrected chi connectivity index (χ3v) is 14.6. The Balaban J connectivity index is 0.000000398. The number of aliphatic hydroxyl groups excluding tert-OH is 1. The van der Waals surface area contributed by atoms with Gasteiger partial charge < -0.3 is 27.9 Å². The summed E-state index contributed by atoms with van der Waals surface area (Å²) in [5.74, 6) is 0. The summed E-state index contributed by atoms with van der Waals surface area (Å²) in [6, 6.07) is 19.1. The summed E-state index contributed by atoms with van der Waals surface area (Å²) in [4.78, 5) is 0. The molecular formula is C28H42F6O6Si2. The Morgan fingerprint density at radius 1 is 0.905 bits per heavy atom. The van der Waals surface area contributed by atoms with E-state index in [4.69, 9.17) is 22.8 Å². The maximum atomic E-state index is 13.2. The molecule has 2 N–H and O–H groups in total. The molecule has 0 aromatic heterocycles. The molecule has 0 amide bonds. The van der Waals surface area contributed by atoms with Crippen LogP contribution in [0.3, 0.4) is 0 Å². The van der Waals surface area contributed by atoms with E-state index in [1.165, 1.54) is 21.3 Å². The predicted molar refractivity (Wildman–Crippen MR) is 153 cm³/mol. The zero-order valence-electron chi connectivity index (χ0n) is 24.8. The summed E-state index contributed by atoms with van der Waals surface area (Å²) >= 11 is 0. The van der Waals surface area contributed by atoms with E-state index in [2.05, 4.69) is 0 Å². The fourth-order valence-electron chi connectivity index (χ4n) is 4.65. The first kappa shape index (κ1) is 38.2. The SMILES string of the molecule is CO.CO[Si](CCCC(C)(O)C(F)(F)F)(OC)c1ccccc1.CO[Si]1(c2ccccc2)CCCC(C)(C(F)(F)F)O1. The van der Waals surface area contributed by atoms with Gasteiger partial charge in [0.15, 0.2) is 11.2 Å². The Labute approximate surface area is 246 Å². The highest BCUT2D eigenvalue weighted by molar-refractivity contribution is 6.81. The summed E-state index contributed by atoms with van der Waals surface area (Å²) in [7, 11) is -0.300. The molecule has 3 rings (SSSR count). The van der Waals surface area contributed by atoms with Crippen molar-refractivity contribution in [2.45, 2.75) is 75.2 Å². The average Bonchev–Trinajstić information content (AvgIpc) is 2.96. The molecule has 2 aromatic rings. The van der Waals surface area contributed by atoms with Gasteiger partial charge in [-0.25, -0.2) is 0 Å². The van der Waals surface area contributed by atoms with Crippen molar-refractivity contribution in [3.63, 3.8) is 0 Å². The molecule has 1 fully saturated rings. The van der Waals surface area contributed by atoms with Crippen molar-refractivity contribution in [3.05, 3.63) is 60.7 Å². The summed E-state index contributed by atoms with van der Waals surface area (Å²) in [5.41, 5.74) is -4.80. The number of aliphatic hydroxyl groups is 2. The van der Waals surface area contributed by atoms with Gasteiger partial charge in [0.1, 0.15) is 0 Å². The topological polar surface area (TPSA) is 77.4 Å². The molecule has 0 aliphatic carbocycles. The number of hydrogen-bond acceptors (Lipinski definition) is 6. The van der Waals surface area contributed by atoms with Crippen molar-refractivity contribution in [1.82, 2.24) is 0 Å². The summed E-state index contributed by atoms with van der Waals surface area (Å²) in [6.45, 7) is 1.91. The van der Waals surface area contributed by atoms with Crippen LogP contribution in [0.5, 0.6) is 0 Å². The number of benzene rings is 2. The van der Waals surface area contributed by atoms with Crippen LogP contribution >= 0.6 is 0 Å². The second-order valence-corrected chi connectivity index (χ2v) is 16.8. The number of alkyl halides is 6. The lowest BCUT2D eigenvalue weighted by atomic mass is 10.0. The maximum absolute atomic E-state index is 13.2. The van der Waals surface area contributed by atoms with E-state index in [9.17, 15) is 31.4 Å². The first-order valence-corrected chi connectivity index (χ1v) is 17.3. The summed E-state index contributed by atoms with van der Waals surface area (Å²) in [5, 5.41) is 18.1. The van der Waals surface area contributed by atoms with Crippen molar-refractivity contribution < 1.29 is 54.3 Å². The molecule has 0 radical (unpaired) electrons. The van der Waals surface area contributed by atoms with E-state index in [0.29, 0.717) is 18.5 Å². The van der Waals surface area contributed by atoms with E-state index in [-0.39, 0.29) is 19.3 Å². The Kier molecular flexibility index (Phi) is 14.4. The highest BCUT2D eigenvalue weighted by atomic mass is 28.4. The molecule has 42 heavy (non-hydrogen) atoms. The molecular weight excluding hydrogens is 602 g/mol. The second kappa shape index (κ2) is 15.8. The van der Waals surface area contributed by atoms with Gasteiger partial charge in [0.05, 0.1) is 0 Å². The second-order valence-electron chi connectivity index (χ2n) is 10.2. The highest BCUT2D eigenvalue weighted by Gasteiger charge is 2.60. The maximum Gasteiger partial charge on any atom is 0.416 e. The molecule has 0 saturated carbocycles. The molecule has 1 saturated heterocycles. The van der Waals surface area contributed by atoms with E-state index in [1.807, 2.05) is 36.4 Å². The van der Waals surface area contributed by atoms with Crippen LogP contribution in [-0.2, 0) is 17.7 Å². The molecule has 1 aliphatic heterocycles. The van der Waals surface area contributed by atoms with Crippen molar-refractivity contribution in [2.24, 2.45) is 0 Å². The molecule has 1 aliphatic rings. The van der Waals surface area contributed by atoms with Crippen LogP contribution in [0.4, 0.5) is 26.3 Å². The van der Waals surface area contributed by atoms with Crippen LogP contribution in [-0.4, -0.2) is 79.3 Å². The highest BCUT2D eigenvalue weighted by Crippen LogP contribution is 2.44. The Morgan fingerprint density at radius 2 is 1.40 bits per heavy atom. The lowest BCUT2D eigenvalue weighted by molar-refractivity contribution is -0.255. The van der Waals surface area contributed by atoms with Gasteiger partial charge in [-0.05, 0) is 62.0 Å². The van der Waals surface area contributed by atoms with Crippen molar-refractivity contribution >= 4 is 27.5 Å². The largest absolute Gasteiger partial charge is 0.416 e. The van der Waals surface area contributed by atoms with Crippen LogP contribution in [0, 0.1) is 0 Å². The van der Waals surface area contributed by atoms with Crippen LogP contribution < -0.4 is 10.4 Å². The third kappa shape index (κ3) is 9.35. The van der Waals surface area contributed by atoms with Crippen LogP contribution in [0.2, 0.25) is 12.1 Å². The minimum Gasteiger partial charge on any atom is -0.400 e. The van der Waals surface area contributed by atoms with Crippen LogP contribution in [0.1, 0.15) is 39.5 Å². The molecule has 3 unspecified atom stereocenters. The lowest BCUT2D eigenvalue weighted by Gasteiger charge is -2.44. The monoisotopic (exact) mass is 644 g/mol. The van der Waals surface area contributed by atoms with Gasteiger partial charge in [0.25, 0.3) is 0 Å². The first-order chi connectivity index (χ1) is 19.5. The molecule has 3 atom stereocenters. The average molecular weight is 645 g/mol. The first-order valence-electron chi connectivity index (χ1n) is 13.3. The van der Waals surface area contributed by atoms with Crippen molar-refractivity contribution in [3.8, 4) is 0 Å². The van der Waals surface area contributed by atoms with E-state index < -0.39 is 40.7 Å². The third-order valence-electron chi connectivity index (χ3n) is 7.35. The van der Waals surface area contributed by atoms with E-state index in [0.717, 1.165) is 31.3 Å². The normalized spacial score (nSPS) is 22.6. The van der Waals surface area contributed by atoms with Gasteiger partial charge in [-0.2, -0.15) is 26.3 Å². The Hall–Kier alpha value is -1.79. The Bertz CT molecular complexity index is 1040. The van der Waals surface area contributed by atoms with Gasteiger partial charge in [-0.3, -0.25) is 0 Å². The quantitative estimate of drug-likeness (QED) is 0.280. The van der Waals surface area contributed by atoms with E-state index in [1.54, 1.807) is 24.3 Å². The van der Waals surface area contributed by atoms with Crippen molar-refractivity contribution in [2.75, 3.05) is 28.4 Å². The smallest absolute Gasteiger partial charge is 0.400 e. The molecule has 0 bridgehead atoms. The van der Waals surface area contributed by atoms with E-state index >= 15 is 0 Å². The van der Waals surface area contributed by atoms with Crippen LogP contribution in [0.25, 0.3) is 0 Å². The zero-order chi connectivity index (χ0) is 32.3. The van der Waals surface area contributed by atoms with Gasteiger partial charge in [0.2, 0.25) is 0 Å². The molecule has 6 nitrogen and oxygen atoms in total. The van der Waals surface area contributed by atoms with Gasteiger partial charge in [-0.1, -0.05) is 60.7 Å². The molecule has 0 spiro atoms. The van der Waals surface area contributed by atoms with Gasteiger partial charge >= 0.3 is 29.5 Å². The predicted octanol–water partition coefficient (Wildman–Crippen LogP) is 5.44. The molecule has 2 aromatic carbocycles. The summed E-state index contributed by atoms with van der Waals surface area (Å²) in [6.07, 6.45) is -8.78. The minimum atomic E-state index is -4.63. The lowest BCUT2D eigenvalue weighted by Crippen LogP contribution is -2.64.